The Morgan fingerprint density at radius 3 is 2.41 bits per heavy atom. The largest absolute Gasteiger partial charge is 0.406 e. The first-order valence-corrected chi connectivity index (χ1v) is 6.20. The summed E-state index contributed by atoms with van der Waals surface area (Å²) in [5.74, 6) is -3.04. The molecule has 1 aromatic carbocycles. The van der Waals surface area contributed by atoms with E-state index in [1.807, 2.05) is 0 Å². The SMILES string of the molecule is Cc1cc([N+](=O)[O-])c(F)cc1C(C)C(=O)N(C)CC(F)(F)F. The maximum atomic E-state index is 13.6. The van der Waals surface area contributed by atoms with Crippen LogP contribution in [0.25, 0.3) is 0 Å². The van der Waals surface area contributed by atoms with E-state index in [2.05, 4.69) is 0 Å². The third-order valence-corrected chi connectivity index (χ3v) is 3.16. The molecular formula is C13H14F4N2O3. The Hall–Kier alpha value is -2.19. The molecule has 1 aromatic rings. The third-order valence-electron chi connectivity index (χ3n) is 3.16. The molecule has 0 saturated carbocycles. The summed E-state index contributed by atoms with van der Waals surface area (Å²) in [7, 11) is 0.989. The maximum absolute atomic E-state index is 13.6. The second-order valence-electron chi connectivity index (χ2n) is 4.95. The zero-order chi connectivity index (χ0) is 17.2. The van der Waals surface area contributed by atoms with Gasteiger partial charge in [0.1, 0.15) is 6.54 Å². The minimum Gasteiger partial charge on any atom is -0.336 e. The number of nitro groups is 1. The number of amides is 1. The van der Waals surface area contributed by atoms with Crippen LogP contribution < -0.4 is 0 Å². The molecule has 0 heterocycles. The molecule has 0 aromatic heterocycles. The van der Waals surface area contributed by atoms with Crippen LogP contribution >= 0.6 is 0 Å². The lowest BCUT2D eigenvalue weighted by atomic mass is 9.94. The van der Waals surface area contributed by atoms with Crippen LogP contribution in [0.4, 0.5) is 23.2 Å². The molecule has 0 saturated heterocycles. The van der Waals surface area contributed by atoms with Gasteiger partial charge in [0.25, 0.3) is 0 Å². The standard InChI is InChI=1S/C13H14F4N2O3/c1-7-4-11(19(21)22)10(14)5-9(7)8(2)12(20)18(3)6-13(15,16)17/h4-5,8H,6H2,1-3H3. The Morgan fingerprint density at radius 1 is 1.41 bits per heavy atom. The fraction of sp³-hybridized carbons (Fsp3) is 0.462. The Morgan fingerprint density at radius 2 is 1.95 bits per heavy atom. The molecule has 0 N–H and O–H groups in total. The molecular weight excluding hydrogens is 308 g/mol. The molecule has 1 rings (SSSR count). The zero-order valence-corrected chi connectivity index (χ0v) is 12.1. The Labute approximate surface area is 123 Å². The van der Waals surface area contributed by atoms with Crippen LogP contribution in [0.15, 0.2) is 12.1 Å². The summed E-state index contributed by atoms with van der Waals surface area (Å²) in [6.45, 7) is 1.32. The number of benzene rings is 1. The Kier molecular flexibility index (Phi) is 5.10. The molecule has 0 aliphatic rings. The summed E-state index contributed by atoms with van der Waals surface area (Å²) < 4.78 is 50.5. The van der Waals surface area contributed by atoms with Gasteiger partial charge in [-0.25, -0.2) is 0 Å². The van der Waals surface area contributed by atoms with Gasteiger partial charge in [0.05, 0.1) is 10.8 Å². The van der Waals surface area contributed by atoms with Crippen molar-refractivity contribution in [3.63, 3.8) is 0 Å². The summed E-state index contributed by atoms with van der Waals surface area (Å²) in [6, 6.07) is 1.77. The van der Waals surface area contributed by atoms with E-state index in [1.54, 1.807) is 0 Å². The highest BCUT2D eigenvalue weighted by Crippen LogP contribution is 2.28. The predicted molar refractivity (Wildman–Crippen MR) is 69.9 cm³/mol. The van der Waals surface area contributed by atoms with Crippen molar-refractivity contribution in [2.24, 2.45) is 0 Å². The van der Waals surface area contributed by atoms with Gasteiger partial charge in [-0.05, 0) is 31.0 Å². The highest BCUT2D eigenvalue weighted by atomic mass is 19.4. The van der Waals surface area contributed by atoms with Crippen LogP contribution in [0.1, 0.15) is 24.0 Å². The van der Waals surface area contributed by atoms with E-state index in [-0.39, 0.29) is 11.1 Å². The number of alkyl halides is 3. The summed E-state index contributed by atoms with van der Waals surface area (Å²) in [6.07, 6.45) is -4.54. The molecule has 0 radical (unpaired) electrons. The van der Waals surface area contributed by atoms with Gasteiger partial charge >= 0.3 is 11.9 Å². The molecule has 5 nitrogen and oxygen atoms in total. The van der Waals surface area contributed by atoms with E-state index in [9.17, 15) is 32.5 Å². The van der Waals surface area contributed by atoms with Gasteiger partial charge < -0.3 is 4.90 Å². The van der Waals surface area contributed by atoms with Crippen LogP contribution in [-0.2, 0) is 4.79 Å². The van der Waals surface area contributed by atoms with Crippen LogP contribution in [0, 0.1) is 22.9 Å². The first-order chi connectivity index (χ1) is 9.94. The van der Waals surface area contributed by atoms with Gasteiger partial charge in [-0.2, -0.15) is 17.6 Å². The molecule has 0 aliphatic heterocycles. The molecule has 1 unspecified atom stereocenters. The van der Waals surface area contributed by atoms with Crippen LogP contribution in [0.5, 0.6) is 0 Å². The van der Waals surface area contributed by atoms with Crippen LogP contribution in [0.3, 0.4) is 0 Å². The zero-order valence-electron chi connectivity index (χ0n) is 12.1. The third kappa shape index (κ3) is 4.15. The van der Waals surface area contributed by atoms with E-state index < -0.39 is 41.0 Å². The molecule has 0 aliphatic carbocycles. The monoisotopic (exact) mass is 322 g/mol. The van der Waals surface area contributed by atoms with E-state index in [4.69, 9.17) is 0 Å². The van der Waals surface area contributed by atoms with Gasteiger partial charge in [-0.1, -0.05) is 0 Å². The van der Waals surface area contributed by atoms with E-state index in [1.165, 1.54) is 13.8 Å². The lowest BCUT2D eigenvalue weighted by molar-refractivity contribution is -0.387. The van der Waals surface area contributed by atoms with Crippen molar-refractivity contribution in [1.82, 2.24) is 4.90 Å². The van der Waals surface area contributed by atoms with Gasteiger partial charge in [-0.15, -0.1) is 0 Å². The molecule has 122 valence electrons. The lowest BCUT2D eigenvalue weighted by Crippen LogP contribution is -2.38. The second kappa shape index (κ2) is 6.29. The van der Waals surface area contributed by atoms with Crippen molar-refractivity contribution in [1.29, 1.82) is 0 Å². The smallest absolute Gasteiger partial charge is 0.336 e. The number of aryl methyl sites for hydroxylation is 1. The average molecular weight is 322 g/mol. The number of halogens is 4. The molecule has 0 bridgehead atoms. The van der Waals surface area contributed by atoms with Crippen molar-refractivity contribution in [3.05, 3.63) is 39.2 Å². The number of nitrogens with zero attached hydrogens (tertiary/aromatic N) is 2. The van der Waals surface area contributed by atoms with Gasteiger partial charge in [0.2, 0.25) is 11.7 Å². The number of carbonyl (C=O) groups is 1. The summed E-state index contributed by atoms with van der Waals surface area (Å²) in [5, 5.41) is 10.6. The van der Waals surface area contributed by atoms with Crippen LogP contribution in [0.2, 0.25) is 0 Å². The van der Waals surface area contributed by atoms with Crippen molar-refractivity contribution in [2.45, 2.75) is 25.9 Å². The van der Waals surface area contributed by atoms with Gasteiger partial charge in [-0.3, -0.25) is 14.9 Å². The number of carbonyl (C=O) groups excluding carboxylic acids is 1. The summed E-state index contributed by atoms with van der Waals surface area (Å²) >= 11 is 0. The molecule has 0 spiro atoms. The minimum atomic E-state index is -4.54. The van der Waals surface area contributed by atoms with Crippen molar-refractivity contribution in [2.75, 3.05) is 13.6 Å². The number of likely N-dealkylation sites (N-methyl/N-ethyl adjacent to an activating group) is 1. The van der Waals surface area contributed by atoms with Gasteiger partial charge in [0, 0.05) is 13.1 Å². The van der Waals surface area contributed by atoms with E-state index in [0.29, 0.717) is 4.90 Å². The minimum absolute atomic E-state index is 0.113. The normalized spacial score (nSPS) is 12.9. The number of nitro benzene ring substituents is 1. The summed E-state index contributed by atoms with van der Waals surface area (Å²) in [5.41, 5.74) is -0.374. The number of hydrogen-bond acceptors (Lipinski definition) is 3. The second-order valence-corrected chi connectivity index (χ2v) is 4.95. The van der Waals surface area contributed by atoms with Crippen molar-refractivity contribution >= 4 is 11.6 Å². The number of rotatable bonds is 4. The average Bonchev–Trinajstić information content (AvgIpc) is 2.36. The molecule has 22 heavy (non-hydrogen) atoms. The fourth-order valence-electron chi connectivity index (χ4n) is 2.10. The Bertz CT molecular complexity index is 602. The predicted octanol–water partition coefficient (Wildman–Crippen LogP) is 3.17. The highest BCUT2D eigenvalue weighted by molar-refractivity contribution is 5.83. The molecule has 0 fully saturated rings. The lowest BCUT2D eigenvalue weighted by Gasteiger charge is -2.23. The molecule has 1 atom stereocenters. The number of hydrogen-bond donors (Lipinski definition) is 0. The Balaban J connectivity index is 3.08. The van der Waals surface area contributed by atoms with E-state index >= 15 is 0 Å². The summed E-state index contributed by atoms with van der Waals surface area (Å²) in [4.78, 5) is 22.2. The van der Waals surface area contributed by atoms with Gasteiger partial charge in [0.15, 0.2) is 0 Å². The quantitative estimate of drug-likeness (QED) is 0.486. The van der Waals surface area contributed by atoms with Crippen LogP contribution in [-0.4, -0.2) is 35.5 Å². The first-order valence-electron chi connectivity index (χ1n) is 6.20. The maximum Gasteiger partial charge on any atom is 0.406 e. The van der Waals surface area contributed by atoms with Crippen molar-refractivity contribution in [3.8, 4) is 0 Å². The molecule has 1 amide bonds. The molecule has 9 heteroatoms. The topological polar surface area (TPSA) is 63.5 Å². The van der Waals surface area contributed by atoms with E-state index in [0.717, 1.165) is 19.2 Å². The first kappa shape index (κ1) is 17.9. The fourth-order valence-corrected chi connectivity index (χ4v) is 2.10. The highest BCUT2D eigenvalue weighted by Gasteiger charge is 2.33. The van der Waals surface area contributed by atoms with Crippen molar-refractivity contribution < 1.29 is 27.3 Å².